The summed E-state index contributed by atoms with van der Waals surface area (Å²) in [6, 6.07) is 6.02. The van der Waals surface area contributed by atoms with Crippen molar-refractivity contribution in [2.45, 2.75) is 44.4 Å². The Labute approximate surface area is 173 Å². The molecule has 6 nitrogen and oxygen atoms in total. The van der Waals surface area contributed by atoms with Crippen LogP contribution in [0.2, 0.25) is 0 Å². The number of halogens is 3. The Morgan fingerprint density at radius 3 is 2.47 bits per heavy atom. The van der Waals surface area contributed by atoms with Crippen LogP contribution in [0.4, 0.5) is 19.0 Å². The highest BCUT2D eigenvalue weighted by molar-refractivity contribution is 5.93. The summed E-state index contributed by atoms with van der Waals surface area (Å²) in [5.41, 5.74) is 0.770. The average molecular weight is 422 g/mol. The third kappa shape index (κ3) is 3.97. The molecule has 0 bridgehead atoms. The summed E-state index contributed by atoms with van der Waals surface area (Å²) in [7, 11) is 1.54. The molecule has 2 aliphatic rings. The van der Waals surface area contributed by atoms with Crippen LogP contribution in [-0.2, 0) is 0 Å². The third-order valence-electron chi connectivity index (χ3n) is 6.00. The zero-order valence-electron chi connectivity index (χ0n) is 16.9. The Balaban J connectivity index is 1.62. The number of amides is 1. The minimum atomic E-state index is -4.48. The summed E-state index contributed by atoms with van der Waals surface area (Å²) < 4.78 is 47.5. The molecule has 2 aromatic rings. The van der Waals surface area contributed by atoms with Crippen molar-refractivity contribution < 1.29 is 22.7 Å². The molecule has 1 aromatic carbocycles. The van der Waals surface area contributed by atoms with Crippen LogP contribution in [0.25, 0.3) is 0 Å². The Kier molecular flexibility index (Phi) is 5.38. The lowest BCUT2D eigenvalue weighted by Gasteiger charge is -2.33. The topological polar surface area (TPSA) is 59.4 Å². The van der Waals surface area contributed by atoms with Gasteiger partial charge in [0.2, 0.25) is 0 Å². The number of rotatable bonds is 3. The van der Waals surface area contributed by atoms with Gasteiger partial charge in [0.15, 0.2) is 11.7 Å². The second-order valence-corrected chi connectivity index (χ2v) is 8.10. The molecule has 2 atom stereocenters. The summed E-state index contributed by atoms with van der Waals surface area (Å²) in [4.78, 5) is 14.5. The van der Waals surface area contributed by atoms with Gasteiger partial charge in [-0.25, -0.2) is 4.68 Å². The SMILES string of the molecule is COc1ccc([C@@H]2C[C@H](C(F)(F)F)n3nc(C(=O)N4CCC(C)CC4)cc3N2)cc1. The van der Waals surface area contributed by atoms with Gasteiger partial charge in [0.25, 0.3) is 5.91 Å². The van der Waals surface area contributed by atoms with Crippen molar-refractivity contribution in [3.63, 3.8) is 0 Å². The number of fused-ring (bicyclic) bond motifs is 1. The van der Waals surface area contributed by atoms with E-state index in [2.05, 4.69) is 17.3 Å². The van der Waals surface area contributed by atoms with E-state index in [4.69, 9.17) is 4.74 Å². The lowest BCUT2D eigenvalue weighted by Crippen LogP contribution is -2.38. The molecule has 1 saturated heterocycles. The van der Waals surface area contributed by atoms with E-state index in [1.807, 2.05) is 0 Å². The molecule has 2 aliphatic heterocycles. The summed E-state index contributed by atoms with van der Waals surface area (Å²) in [6.07, 6.45) is -2.90. The number of aromatic nitrogens is 2. The molecule has 162 valence electrons. The first kappa shape index (κ1) is 20.6. The predicted molar refractivity (Wildman–Crippen MR) is 106 cm³/mol. The minimum absolute atomic E-state index is 0.0525. The first-order chi connectivity index (χ1) is 14.3. The normalized spacial score (nSPS) is 22.4. The largest absolute Gasteiger partial charge is 0.497 e. The fourth-order valence-electron chi connectivity index (χ4n) is 4.11. The lowest BCUT2D eigenvalue weighted by molar-refractivity contribution is -0.173. The molecular formula is C21H25F3N4O2. The van der Waals surface area contributed by atoms with Crippen LogP contribution >= 0.6 is 0 Å². The van der Waals surface area contributed by atoms with Crippen LogP contribution < -0.4 is 10.1 Å². The van der Waals surface area contributed by atoms with E-state index in [9.17, 15) is 18.0 Å². The zero-order chi connectivity index (χ0) is 21.5. The van der Waals surface area contributed by atoms with E-state index in [0.717, 1.165) is 23.1 Å². The molecule has 30 heavy (non-hydrogen) atoms. The lowest BCUT2D eigenvalue weighted by atomic mass is 9.97. The standard InChI is InChI=1S/C21H25F3N4O2/c1-13-7-9-27(10-8-13)20(29)17-12-19-25-16(14-3-5-15(30-2)6-4-14)11-18(21(22,23)24)28(19)26-17/h3-6,12-13,16,18,25H,7-11H2,1-2H3/t16-,18+/m0/s1. The van der Waals surface area contributed by atoms with Gasteiger partial charge in [0.05, 0.1) is 13.2 Å². The predicted octanol–water partition coefficient (Wildman–Crippen LogP) is 4.42. The van der Waals surface area contributed by atoms with Gasteiger partial charge in [0.1, 0.15) is 11.6 Å². The number of hydrogen-bond acceptors (Lipinski definition) is 4. The van der Waals surface area contributed by atoms with Gasteiger partial charge in [-0.05, 0) is 36.5 Å². The fourth-order valence-corrected chi connectivity index (χ4v) is 4.11. The number of piperidine rings is 1. The van der Waals surface area contributed by atoms with Gasteiger partial charge in [-0.3, -0.25) is 4.79 Å². The first-order valence-corrected chi connectivity index (χ1v) is 10.1. The summed E-state index contributed by atoms with van der Waals surface area (Å²) >= 11 is 0. The molecule has 1 fully saturated rings. The van der Waals surface area contributed by atoms with Crippen LogP contribution in [0.1, 0.15) is 54.3 Å². The maximum Gasteiger partial charge on any atom is 0.410 e. The molecule has 4 rings (SSSR count). The molecule has 3 heterocycles. The van der Waals surface area contributed by atoms with E-state index in [0.29, 0.717) is 24.8 Å². The summed E-state index contributed by atoms with van der Waals surface area (Å²) in [5, 5.41) is 7.20. The summed E-state index contributed by atoms with van der Waals surface area (Å²) in [5.74, 6) is 1.08. The number of methoxy groups -OCH3 is 1. The van der Waals surface area contributed by atoms with Crippen LogP contribution in [0.5, 0.6) is 5.75 Å². The van der Waals surface area contributed by atoms with E-state index in [1.54, 1.807) is 29.2 Å². The minimum Gasteiger partial charge on any atom is -0.497 e. The molecule has 9 heteroatoms. The van der Waals surface area contributed by atoms with Gasteiger partial charge < -0.3 is 15.0 Å². The fraction of sp³-hybridized carbons (Fsp3) is 0.524. The van der Waals surface area contributed by atoms with E-state index < -0.39 is 18.3 Å². The molecule has 1 amide bonds. The third-order valence-corrected chi connectivity index (χ3v) is 6.00. The smallest absolute Gasteiger partial charge is 0.410 e. The average Bonchev–Trinajstić information content (AvgIpc) is 3.16. The monoisotopic (exact) mass is 422 g/mol. The van der Waals surface area contributed by atoms with Crippen molar-refractivity contribution in [2.24, 2.45) is 5.92 Å². The number of nitrogens with zero attached hydrogens (tertiary/aromatic N) is 3. The van der Waals surface area contributed by atoms with Crippen molar-refractivity contribution >= 4 is 11.7 Å². The maximum atomic E-state index is 13.8. The van der Waals surface area contributed by atoms with E-state index >= 15 is 0 Å². The molecule has 0 saturated carbocycles. The Morgan fingerprint density at radius 2 is 1.87 bits per heavy atom. The van der Waals surface area contributed by atoms with Crippen LogP contribution in [-0.4, -0.2) is 47.0 Å². The number of ether oxygens (including phenoxy) is 1. The van der Waals surface area contributed by atoms with Gasteiger partial charge in [-0.15, -0.1) is 0 Å². The number of carbonyl (C=O) groups is 1. The second kappa shape index (κ2) is 7.85. The van der Waals surface area contributed by atoms with Gasteiger partial charge >= 0.3 is 6.18 Å². The zero-order valence-corrected chi connectivity index (χ0v) is 16.9. The molecular weight excluding hydrogens is 397 g/mol. The maximum absolute atomic E-state index is 13.8. The van der Waals surface area contributed by atoms with Crippen LogP contribution in [0.15, 0.2) is 30.3 Å². The Morgan fingerprint density at radius 1 is 1.20 bits per heavy atom. The quantitative estimate of drug-likeness (QED) is 0.795. The van der Waals surface area contributed by atoms with Gasteiger partial charge in [-0.1, -0.05) is 19.1 Å². The number of hydrogen-bond donors (Lipinski definition) is 1. The molecule has 0 radical (unpaired) electrons. The number of benzene rings is 1. The van der Waals surface area contributed by atoms with Crippen molar-refractivity contribution in [3.8, 4) is 5.75 Å². The number of nitrogens with one attached hydrogen (secondary N) is 1. The summed E-state index contributed by atoms with van der Waals surface area (Å²) in [6.45, 7) is 3.34. The van der Waals surface area contributed by atoms with Gasteiger partial charge in [-0.2, -0.15) is 18.3 Å². The van der Waals surface area contributed by atoms with Crippen molar-refractivity contribution in [2.75, 3.05) is 25.5 Å². The highest BCUT2D eigenvalue weighted by Crippen LogP contribution is 2.43. The molecule has 1 N–H and O–H groups in total. The number of carbonyl (C=O) groups excluding carboxylic acids is 1. The second-order valence-electron chi connectivity index (χ2n) is 8.10. The highest BCUT2D eigenvalue weighted by atomic mass is 19.4. The van der Waals surface area contributed by atoms with Crippen LogP contribution in [0, 0.1) is 5.92 Å². The van der Waals surface area contributed by atoms with E-state index in [-0.39, 0.29) is 23.8 Å². The molecule has 0 spiro atoms. The molecule has 0 aliphatic carbocycles. The van der Waals surface area contributed by atoms with E-state index in [1.165, 1.54) is 13.2 Å². The highest BCUT2D eigenvalue weighted by Gasteiger charge is 2.47. The van der Waals surface area contributed by atoms with Gasteiger partial charge in [0, 0.05) is 25.6 Å². The Bertz CT molecular complexity index is 902. The number of alkyl halides is 3. The number of likely N-dealkylation sites (tertiary alicyclic amines) is 1. The Hall–Kier alpha value is -2.71. The molecule has 1 aromatic heterocycles. The van der Waals surface area contributed by atoms with Crippen molar-refractivity contribution in [1.29, 1.82) is 0 Å². The van der Waals surface area contributed by atoms with Crippen LogP contribution in [0.3, 0.4) is 0 Å². The first-order valence-electron chi connectivity index (χ1n) is 10.1. The van der Waals surface area contributed by atoms with Crippen molar-refractivity contribution in [1.82, 2.24) is 14.7 Å². The molecule has 0 unspecified atom stereocenters. The number of anilines is 1. The van der Waals surface area contributed by atoms with Crippen molar-refractivity contribution in [3.05, 3.63) is 41.6 Å².